The van der Waals surface area contributed by atoms with Gasteiger partial charge >= 0.3 is 0 Å². The van der Waals surface area contributed by atoms with Crippen molar-refractivity contribution in [3.05, 3.63) is 34.6 Å². The van der Waals surface area contributed by atoms with Crippen molar-refractivity contribution in [1.82, 2.24) is 0 Å². The Hall–Kier alpha value is -0.600. The van der Waals surface area contributed by atoms with E-state index in [4.69, 9.17) is 11.6 Å². The third kappa shape index (κ3) is 1.66. The average Bonchev–Trinajstić information content (AvgIpc) is 2.84. The number of hydrogen-bond acceptors (Lipinski definition) is 1. The van der Waals surface area contributed by atoms with Crippen LogP contribution in [0.2, 0.25) is 5.02 Å². The minimum Gasteiger partial charge on any atom is -0.385 e. The van der Waals surface area contributed by atoms with Crippen LogP contribution in [0.5, 0.6) is 0 Å². The van der Waals surface area contributed by atoms with Crippen LogP contribution in [0, 0.1) is 11.2 Å². The third-order valence-corrected chi connectivity index (χ3v) is 3.87. The lowest BCUT2D eigenvalue weighted by Crippen LogP contribution is -2.32. The van der Waals surface area contributed by atoms with E-state index in [2.05, 4.69) is 0 Å². The summed E-state index contributed by atoms with van der Waals surface area (Å²) in [7, 11) is 0. The number of hydrogen-bond donors (Lipinski definition) is 1. The predicted molar refractivity (Wildman–Crippen MR) is 58.3 cm³/mol. The molecular weight excluding hydrogens is 215 g/mol. The molecule has 1 atom stereocenters. The van der Waals surface area contributed by atoms with Gasteiger partial charge in [-0.15, -0.1) is 0 Å². The van der Waals surface area contributed by atoms with Crippen molar-refractivity contribution < 1.29 is 9.50 Å². The van der Waals surface area contributed by atoms with Gasteiger partial charge in [-0.2, -0.15) is 0 Å². The van der Waals surface area contributed by atoms with Crippen molar-refractivity contribution in [3.8, 4) is 0 Å². The van der Waals surface area contributed by atoms with E-state index >= 15 is 0 Å². The molecule has 0 aromatic heterocycles. The van der Waals surface area contributed by atoms with Crippen molar-refractivity contribution in [2.75, 3.05) is 0 Å². The first-order valence-electron chi connectivity index (χ1n) is 5.05. The van der Waals surface area contributed by atoms with Gasteiger partial charge in [0.15, 0.2) is 0 Å². The van der Waals surface area contributed by atoms with Gasteiger partial charge in [0.1, 0.15) is 5.82 Å². The molecule has 1 N–H and O–H groups in total. The number of halogens is 2. The van der Waals surface area contributed by atoms with Crippen LogP contribution in [0.3, 0.4) is 0 Å². The minimum absolute atomic E-state index is 0.193. The molecule has 0 spiro atoms. The van der Waals surface area contributed by atoms with E-state index in [0.717, 1.165) is 12.8 Å². The monoisotopic (exact) mass is 228 g/mol. The lowest BCUT2D eigenvalue weighted by atomic mass is 9.81. The molecule has 0 saturated heterocycles. The Bertz CT molecular complexity index is 397. The maximum absolute atomic E-state index is 13.7. The second-order valence-electron chi connectivity index (χ2n) is 4.76. The summed E-state index contributed by atoms with van der Waals surface area (Å²) in [5.41, 5.74) is -0.963. The van der Waals surface area contributed by atoms with Crippen LogP contribution in [0.25, 0.3) is 0 Å². The highest BCUT2D eigenvalue weighted by Gasteiger charge is 2.53. The Morgan fingerprint density at radius 3 is 2.53 bits per heavy atom. The number of rotatable bonds is 2. The summed E-state index contributed by atoms with van der Waals surface area (Å²) in [5, 5.41) is 10.7. The van der Waals surface area contributed by atoms with Gasteiger partial charge in [0.25, 0.3) is 0 Å². The molecule has 1 aromatic carbocycles. The summed E-state index contributed by atoms with van der Waals surface area (Å²) in [4.78, 5) is 0. The van der Waals surface area contributed by atoms with Crippen LogP contribution < -0.4 is 0 Å². The molecule has 0 heterocycles. The normalized spacial score (nSPS) is 22.2. The zero-order chi connectivity index (χ0) is 11.3. The van der Waals surface area contributed by atoms with Gasteiger partial charge in [0, 0.05) is 16.0 Å². The molecule has 1 fully saturated rings. The Morgan fingerprint density at radius 2 is 2.07 bits per heavy atom. The Labute approximate surface area is 93.9 Å². The largest absolute Gasteiger partial charge is 0.385 e. The Morgan fingerprint density at radius 1 is 1.47 bits per heavy atom. The molecular formula is C12H14ClFO. The second kappa shape index (κ2) is 3.19. The molecule has 1 nitrogen and oxygen atoms in total. The lowest BCUT2D eigenvalue weighted by Gasteiger charge is -2.31. The van der Waals surface area contributed by atoms with Gasteiger partial charge in [-0.05, 0) is 31.9 Å². The minimum atomic E-state index is -1.11. The predicted octanol–water partition coefficient (Wildman–Crippen LogP) is 3.49. The molecule has 82 valence electrons. The summed E-state index contributed by atoms with van der Waals surface area (Å²) >= 11 is 5.68. The second-order valence-corrected chi connectivity index (χ2v) is 5.19. The first kappa shape index (κ1) is 10.9. The molecule has 1 aliphatic rings. The van der Waals surface area contributed by atoms with Gasteiger partial charge in [0.2, 0.25) is 0 Å². The highest BCUT2D eigenvalue weighted by molar-refractivity contribution is 6.30. The number of benzene rings is 1. The molecule has 1 aliphatic carbocycles. The average molecular weight is 229 g/mol. The summed E-state index contributed by atoms with van der Waals surface area (Å²) in [6.45, 7) is 3.65. The van der Waals surface area contributed by atoms with Crippen molar-refractivity contribution in [3.63, 3.8) is 0 Å². The fraction of sp³-hybridized carbons (Fsp3) is 0.500. The first-order valence-corrected chi connectivity index (χ1v) is 5.42. The third-order valence-electron chi connectivity index (χ3n) is 3.63. The van der Waals surface area contributed by atoms with E-state index < -0.39 is 11.4 Å². The fourth-order valence-electron chi connectivity index (χ4n) is 1.88. The van der Waals surface area contributed by atoms with Crippen LogP contribution in [0.4, 0.5) is 4.39 Å². The lowest BCUT2D eigenvalue weighted by molar-refractivity contribution is -0.0157. The molecule has 0 radical (unpaired) electrons. The van der Waals surface area contributed by atoms with Crippen molar-refractivity contribution >= 4 is 11.6 Å². The molecule has 0 bridgehead atoms. The molecule has 1 unspecified atom stereocenters. The SMILES string of the molecule is CC1(C(C)(O)c2ccc(Cl)cc2F)CC1. The van der Waals surface area contributed by atoms with Crippen LogP contribution in [0.15, 0.2) is 18.2 Å². The molecule has 0 amide bonds. The molecule has 3 heteroatoms. The smallest absolute Gasteiger partial charge is 0.130 e. The van der Waals surface area contributed by atoms with Gasteiger partial charge in [-0.3, -0.25) is 0 Å². The Balaban J connectivity index is 2.45. The van der Waals surface area contributed by atoms with Crippen LogP contribution >= 0.6 is 11.6 Å². The first-order chi connectivity index (χ1) is 6.87. The van der Waals surface area contributed by atoms with Crippen LogP contribution in [-0.2, 0) is 5.60 Å². The van der Waals surface area contributed by atoms with Crippen molar-refractivity contribution in [1.29, 1.82) is 0 Å². The highest BCUT2D eigenvalue weighted by Crippen LogP contribution is 2.58. The maximum atomic E-state index is 13.7. The van der Waals surface area contributed by atoms with E-state index in [1.54, 1.807) is 19.1 Å². The van der Waals surface area contributed by atoms with Gasteiger partial charge in [0.05, 0.1) is 5.60 Å². The van der Waals surface area contributed by atoms with Crippen LogP contribution in [0.1, 0.15) is 32.3 Å². The van der Waals surface area contributed by atoms with E-state index in [0.29, 0.717) is 10.6 Å². The van der Waals surface area contributed by atoms with E-state index in [9.17, 15) is 9.50 Å². The van der Waals surface area contributed by atoms with Gasteiger partial charge in [-0.1, -0.05) is 24.6 Å². The van der Waals surface area contributed by atoms with Crippen LogP contribution in [-0.4, -0.2) is 5.11 Å². The van der Waals surface area contributed by atoms with E-state index in [1.807, 2.05) is 6.92 Å². The molecule has 2 rings (SSSR count). The standard InChI is InChI=1S/C12H14ClFO/c1-11(5-6-11)12(2,15)9-4-3-8(13)7-10(9)14/h3-4,7,15H,5-6H2,1-2H3. The van der Waals surface area contributed by atoms with Gasteiger partial charge in [-0.25, -0.2) is 4.39 Å². The topological polar surface area (TPSA) is 20.2 Å². The molecule has 1 aromatic rings. The van der Waals surface area contributed by atoms with Crippen molar-refractivity contribution in [2.45, 2.75) is 32.3 Å². The highest BCUT2D eigenvalue weighted by atomic mass is 35.5. The Kier molecular flexibility index (Phi) is 2.32. The molecule has 0 aliphatic heterocycles. The fourth-order valence-corrected chi connectivity index (χ4v) is 2.04. The van der Waals surface area contributed by atoms with E-state index in [1.165, 1.54) is 6.07 Å². The molecule has 15 heavy (non-hydrogen) atoms. The maximum Gasteiger partial charge on any atom is 0.130 e. The van der Waals surface area contributed by atoms with E-state index in [-0.39, 0.29) is 5.41 Å². The van der Waals surface area contributed by atoms with Gasteiger partial charge < -0.3 is 5.11 Å². The summed E-state index contributed by atoms with van der Waals surface area (Å²) in [6, 6.07) is 4.43. The molecule has 1 saturated carbocycles. The van der Waals surface area contributed by atoms with Crippen molar-refractivity contribution in [2.24, 2.45) is 5.41 Å². The summed E-state index contributed by atoms with van der Waals surface area (Å²) < 4.78 is 13.7. The summed E-state index contributed by atoms with van der Waals surface area (Å²) in [5.74, 6) is -0.430. The zero-order valence-corrected chi connectivity index (χ0v) is 9.61. The quantitative estimate of drug-likeness (QED) is 0.822. The summed E-state index contributed by atoms with van der Waals surface area (Å²) in [6.07, 6.45) is 1.87. The number of aliphatic hydroxyl groups is 1. The zero-order valence-electron chi connectivity index (χ0n) is 8.85.